The normalized spacial score (nSPS) is 20.1. The maximum Gasteiger partial charge on any atom is 0.531 e. The van der Waals surface area contributed by atoms with Crippen LogP contribution in [0.4, 0.5) is 0 Å². The van der Waals surface area contributed by atoms with Crippen molar-refractivity contribution in [1.29, 1.82) is 0 Å². The molecule has 0 aromatic heterocycles. The first-order chi connectivity index (χ1) is 9.68. The monoisotopic (exact) mass is 306 g/mol. The molecule has 0 aromatic rings. The Bertz CT molecular complexity index is 226. The lowest BCUT2D eigenvalue weighted by molar-refractivity contribution is -0.0127. The van der Waals surface area contributed by atoms with Crippen LogP contribution < -0.4 is 0 Å². The zero-order chi connectivity index (χ0) is 14.8. The van der Waals surface area contributed by atoms with Gasteiger partial charge in [0, 0.05) is 19.8 Å². The molecule has 0 aliphatic carbocycles. The van der Waals surface area contributed by atoms with Gasteiger partial charge in [0.1, 0.15) is 11.8 Å². The molecule has 1 aliphatic rings. The summed E-state index contributed by atoms with van der Waals surface area (Å²) in [7, 11) is -2.78. The average molecular weight is 306 g/mol. The lowest BCUT2D eigenvalue weighted by Crippen LogP contribution is -2.57. The van der Waals surface area contributed by atoms with Crippen LogP contribution in [0, 0.1) is 0 Å². The molecule has 2 atom stereocenters. The van der Waals surface area contributed by atoms with Gasteiger partial charge in [-0.15, -0.1) is 0 Å². The molecule has 1 fully saturated rings. The SMILES string of the molecule is CCCO[Si](OCCC)(OCCC)C(C)OCC1CO1. The quantitative estimate of drug-likeness (QED) is 0.386. The number of epoxide rings is 1. The molecule has 1 aliphatic heterocycles. The third-order valence-corrected chi connectivity index (χ3v) is 5.94. The predicted octanol–water partition coefficient (Wildman–Crippen LogP) is 2.55. The van der Waals surface area contributed by atoms with Crippen LogP contribution in [0.15, 0.2) is 0 Å². The zero-order valence-corrected chi connectivity index (χ0v) is 14.4. The number of ether oxygens (including phenoxy) is 2. The van der Waals surface area contributed by atoms with E-state index in [0.717, 1.165) is 25.9 Å². The second kappa shape index (κ2) is 9.86. The van der Waals surface area contributed by atoms with Crippen LogP contribution in [0.3, 0.4) is 0 Å². The molecular formula is C14H30O5Si. The van der Waals surface area contributed by atoms with E-state index in [1.54, 1.807) is 0 Å². The van der Waals surface area contributed by atoms with Gasteiger partial charge in [0.25, 0.3) is 0 Å². The Kier molecular flexibility index (Phi) is 8.91. The molecule has 0 amide bonds. The van der Waals surface area contributed by atoms with E-state index in [4.69, 9.17) is 22.8 Å². The summed E-state index contributed by atoms with van der Waals surface area (Å²) in [4.78, 5) is 0. The minimum atomic E-state index is -2.78. The molecular weight excluding hydrogens is 276 g/mol. The molecule has 0 bridgehead atoms. The van der Waals surface area contributed by atoms with E-state index in [1.165, 1.54) is 0 Å². The molecule has 5 nitrogen and oxygen atoms in total. The fourth-order valence-electron chi connectivity index (χ4n) is 1.73. The first-order valence-electron chi connectivity index (χ1n) is 7.83. The van der Waals surface area contributed by atoms with E-state index in [2.05, 4.69) is 20.8 Å². The molecule has 1 rings (SSSR count). The highest BCUT2D eigenvalue weighted by atomic mass is 28.4. The van der Waals surface area contributed by atoms with Crippen LogP contribution in [-0.2, 0) is 22.8 Å². The Hall–Kier alpha value is 0.0169. The summed E-state index contributed by atoms with van der Waals surface area (Å²) in [5, 5.41) is 0. The maximum absolute atomic E-state index is 6.03. The van der Waals surface area contributed by atoms with Crippen molar-refractivity contribution in [2.75, 3.05) is 33.0 Å². The summed E-state index contributed by atoms with van der Waals surface area (Å²) in [6.45, 7) is 11.6. The van der Waals surface area contributed by atoms with Crippen LogP contribution in [0.2, 0.25) is 0 Å². The highest BCUT2D eigenvalue weighted by Gasteiger charge is 2.49. The van der Waals surface area contributed by atoms with Crippen molar-refractivity contribution >= 4 is 8.80 Å². The van der Waals surface area contributed by atoms with Crippen LogP contribution in [0.25, 0.3) is 0 Å². The van der Waals surface area contributed by atoms with Gasteiger partial charge in [0.15, 0.2) is 0 Å². The van der Waals surface area contributed by atoms with Crippen molar-refractivity contribution in [3.8, 4) is 0 Å². The molecule has 0 saturated carbocycles. The van der Waals surface area contributed by atoms with Crippen molar-refractivity contribution in [3.63, 3.8) is 0 Å². The molecule has 0 spiro atoms. The average Bonchev–Trinajstić information content (AvgIpc) is 3.28. The highest BCUT2D eigenvalue weighted by molar-refractivity contribution is 6.62. The Morgan fingerprint density at radius 3 is 1.80 bits per heavy atom. The topological polar surface area (TPSA) is 49.5 Å². The second-order valence-corrected chi connectivity index (χ2v) is 7.97. The van der Waals surface area contributed by atoms with Gasteiger partial charge in [-0.2, -0.15) is 0 Å². The molecule has 0 aromatic carbocycles. The lowest BCUT2D eigenvalue weighted by atomic mass is 10.5. The van der Waals surface area contributed by atoms with Gasteiger partial charge in [-0.25, -0.2) is 0 Å². The minimum absolute atomic E-state index is 0.156. The molecule has 1 heterocycles. The smallest absolute Gasteiger partial charge is 0.372 e. The zero-order valence-electron chi connectivity index (χ0n) is 13.4. The largest absolute Gasteiger partial charge is 0.531 e. The van der Waals surface area contributed by atoms with E-state index in [1.807, 2.05) is 6.92 Å². The first kappa shape index (κ1) is 18.1. The Morgan fingerprint density at radius 2 is 1.45 bits per heavy atom. The summed E-state index contributed by atoms with van der Waals surface area (Å²) in [5.41, 5.74) is -0.156. The van der Waals surface area contributed by atoms with E-state index in [9.17, 15) is 0 Å². The van der Waals surface area contributed by atoms with Crippen LogP contribution >= 0.6 is 0 Å². The lowest BCUT2D eigenvalue weighted by Gasteiger charge is -2.33. The van der Waals surface area contributed by atoms with Gasteiger partial charge >= 0.3 is 8.80 Å². The summed E-state index contributed by atoms with van der Waals surface area (Å²) < 4.78 is 29.1. The van der Waals surface area contributed by atoms with Gasteiger partial charge in [0.05, 0.1) is 13.2 Å². The third-order valence-electron chi connectivity index (χ3n) is 2.95. The van der Waals surface area contributed by atoms with Crippen LogP contribution in [0.5, 0.6) is 0 Å². The van der Waals surface area contributed by atoms with E-state index in [-0.39, 0.29) is 11.8 Å². The molecule has 0 radical (unpaired) electrons. The van der Waals surface area contributed by atoms with Crippen LogP contribution in [0.1, 0.15) is 47.0 Å². The van der Waals surface area contributed by atoms with Crippen molar-refractivity contribution in [1.82, 2.24) is 0 Å². The molecule has 120 valence electrons. The van der Waals surface area contributed by atoms with Crippen molar-refractivity contribution in [2.45, 2.75) is 58.8 Å². The van der Waals surface area contributed by atoms with Gasteiger partial charge in [-0.3, -0.25) is 0 Å². The molecule has 2 unspecified atom stereocenters. The Balaban J connectivity index is 2.62. The van der Waals surface area contributed by atoms with Crippen molar-refractivity contribution < 1.29 is 22.8 Å². The fraction of sp³-hybridized carbons (Fsp3) is 1.00. The third kappa shape index (κ3) is 6.20. The maximum atomic E-state index is 6.03. The summed E-state index contributed by atoms with van der Waals surface area (Å²) in [5.74, 6) is 0. The highest BCUT2D eigenvalue weighted by Crippen LogP contribution is 2.21. The Morgan fingerprint density at radius 1 is 1.00 bits per heavy atom. The summed E-state index contributed by atoms with van der Waals surface area (Å²) in [6, 6.07) is 0. The van der Waals surface area contributed by atoms with Gasteiger partial charge < -0.3 is 22.8 Å². The standard InChI is InChI=1S/C14H30O5Si/c1-5-8-17-20(18-9-6-2,19-10-7-3)13(4)15-11-14-12-16-14/h13-14H,5-12H2,1-4H3. The van der Waals surface area contributed by atoms with Gasteiger partial charge in [-0.05, 0) is 26.2 Å². The Labute approximate surface area is 124 Å². The molecule has 1 saturated heterocycles. The van der Waals surface area contributed by atoms with Gasteiger partial charge in [0.2, 0.25) is 0 Å². The molecule has 0 N–H and O–H groups in total. The number of rotatable bonds is 13. The second-order valence-electron chi connectivity index (χ2n) is 5.08. The number of hydrogen-bond acceptors (Lipinski definition) is 5. The summed E-state index contributed by atoms with van der Waals surface area (Å²) in [6.07, 6.45) is 3.07. The van der Waals surface area contributed by atoms with E-state index in [0.29, 0.717) is 26.4 Å². The van der Waals surface area contributed by atoms with Crippen LogP contribution in [-0.4, -0.2) is 53.7 Å². The minimum Gasteiger partial charge on any atom is -0.372 e. The van der Waals surface area contributed by atoms with E-state index >= 15 is 0 Å². The summed E-state index contributed by atoms with van der Waals surface area (Å²) >= 11 is 0. The van der Waals surface area contributed by atoms with Gasteiger partial charge in [-0.1, -0.05) is 20.8 Å². The molecule has 20 heavy (non-hydrogen) atoms. The first-order valence-corrected chi connectivity index (χ1v) is 9.63. The van der Waals surface area contributed by atoms with Crippen molar-refractivity contribution in [3.05, 3.63) is 0 Å². The fourth-order valence-corrected chi connectivity index (χ4v) is 4.45. The van der Waals surface area contributed by atoms with E-state index < -0.39 is 8.80 Å². The van der Waals surface area contributed by atoms with Crippen molar-refractivity contribution in [2.24, 2.45) is 0 Å². The predicted molar refractivity (Wildman–Crippen MR) is 79.6 cm³/mol. The molecule has 6 heteroatoms. The number of hydrogen-bond donors (Lipinski definition) is 0.